The van der Waals surface area contributed by atoms with E-state index in [2.05, 4.69) is 21.1 Å². The van der Waals surface area contributed by atoms with E-state index in [0.717, 1.165) is 39.0 Å². The molecule has 0 atom stereocenters. The first-order valence-corrected chi connectivity index (χ1v) is 8.46. The number of aromatic nitrogens is 4. The summed E-state index contributed by atoms with van der Waals surface area (Å²) in [6, 6.07) is 19.7. The van der Waals surface area contributed by atoms with Gasteiger partial charge in [-0.3, -0.25) is 4.79 Å². The largest absolute Gasteiger partial charge is 0.361 e. The van der Waals surface area contributed by atoms with Crippen molar-refractivity contribution < 1.29 is 0 Å². The highest BCUT2D eigenvalue weighted by molar-refractivity contribution is 5.85. The van der Waals surface area contributed by atoms with Crippen LogP contribution in [0.15, 0.2) is 71.7 Å². The first-order chi connectivity index (χ1) is 12.7. The molecule has 0 saturated heterocycles. The van der Waals surface area contributed by atoms with Gasteiger partial charge in [0.15, 0.2) is 0 Å². The minimum atomic E-state index is -0.145. The Morgan fingerprint density at radius 2 is 1.81 bits per heavy atom. The molecule has 3 heterocycles. The maximum absolute atomic E-state index is 12.7. The smallest absolute Gasteiger partial charge is 0.274 e. The lowest BCUT2D eigenvalue weighted by molar-refractivity contribution is 0.882. The second kappa shape index (κ2) is 5.46. The van der Waals surface area contributed by atoms with Crippen molar-refractivity contribution in [2.45, 2.75) is 6.92 Å². The summed E-state index contributed by atoms with van der Waals surface area (Å²) in [4.78, 5) is 19.3. The molecule has 0 aliphatic carbocycles. The van der Waals surface area contributed by atoms with Crippen molar-refractivity contribution in [3.8, 4) is 22.4 Å². The van der Waals surface area contributed by atoms with Gasteiger partial charge in [-0.05, 0) is 36.2 Å². The molecule has 0 radical (unpaired) electrons. The highest BCUT2D eigenvalue weighted by Gasteiger charge is 2.15. The predicted molar refractivity (Wildman–Crippen MR) is 103 cm³/mol. The van der Waals surface area contributed by atoms with E-state index in [9.17, 15) is 4.79 Å². The van der Waals surface area contributed by atoms with Crippen molar-refractivity contribution in [2.24, 2.45) is 0 Å². The van der Waals surface area contributed by atoms with Gasteiger partial charge in [-0.15, -0.1) is 0 Å². The molecule has 0 amide bonds. The minimum absolute atomic E-state index is 0.145. The average molecular weight is 340 g/mol. The van der Waals surface area contributed by atoms with Gasteiger partial charge in [0.1, 0.15) is 5.65 Å². The second-order valence-corrected chi connectivity index (χ2v) is 6.39. The summed E-state index contributed by atoms with van der Waals surface area (Å²) in [5.74, 6) is 0. The Morgan fingerprint density at radius 3 is 2.65 bits per heavy atom. The van der Waals surface area contributed by atoms with Crippen molar-refractivity contribution in [1.29, 1.82) is 0 Å². The molecule has 26 heavy (non-hydrogen) atoms. The van der Waals surface area contributed by atoms with Crippen LogP contribution in [0.1, 0.15) is 5.69 Å². The fourth-order valence-electron chi connectivity index (χ4n) is 3.48. The fourth-order valence-corrected chi connectivity index (χ4v) is 3.48. The van der Waals surface area contributed by atoms with Gasteiger partial charge in [0, 0.05) is 28.7 Å². The van der Waals surface area contributed by atoms with Crippen LogP contribution in [0.4, 0.5) is 0 Å². The standard InChI is InChI=1S/C21H16N4O/c1-13-20(14-5-3-2-4-6-14)21-23-18(12-19(26)25(21)24-13)15-7-8-17-16(11-15)9-10-22-17/h2-12,22-23H,1H3. The third-order valence-corrected chi connectivity index (χ3v) is 4.72. The summed E-state index contributed by atoms with van der Waals surface area (Å²) < 4.78 is 1.44. The van der Waals surface area contributed by atoms with Crippen LogP contribution < -0.4 is 5.56 Å². The molecule has 5 heteroatoms. The van der Waals surface area contributed by atoms with Crippen LogP contribution in [-0.4, -0.2) is 19.6 Å². The number of rotatable bonds is 2. The molecule has 126 valence electrons. The number of aromatic amines is 2. The van der Waals surface area contributed by atoms with E-state index < -0.39 is 0 Å². The Morgan fingerprint density at radius 1 is 0.962 bits per heavy atom. The normalized spacial score (nSPS) is 11.4. The maximum atomic E-state index is 12.7. The number of nitrogens with zero attached hydrogens (tertiary/aromatic N) is 2. The van der Waals surface area contributed by atoms with Crippen LogP contribution >= 0.6 is 0 Å². The van der Waals surface area contributed by atoms with E-state index in [4.69, 9.17) is 0 Å². The lowest BCUT2D eigenvalue weighted by atomic mass is 10.1. The van der Waals surface area contributed by atoms with Crippen molar-refractivity contribution in [3.63, 3.8) is 0 Å². The average Bonchev–Trinajstić information content (AvgIpc) is 3.25. The van der Waals surface area contributed by atoms with Crippen molar-refractivity contribution in [3.05, 3.63) is 82.9 Å². The quantitative estimate of drug-likeness (QED) is 0.507. The molecule has 2 aromatic carbocycles. The summed E-state index contributed by atoms with van der Waals surface area (Å²) >= 11 is 0. The summed E-state index contributed by atoms with van der Waals surface area (Å²) in [7, 11) is 0. The molecular weight excluding hydrogens is 324 g/mol. The Balaban J connectivity index is 1.79. The number of H-pyrrole nitrogens is 2. The summed E-state index contributed by atoms with van der Waals surface area (Å²) in [5.41, 5.74) is 6.20. The van der Waals surface area contributed by atoms with E-state index in [-0.39, 0.29) is 5.56 Å². The molecule has 0 bridgehead atoms. The van der Waals surface area contributed by atoms with Crippen molar-refractivity contribution >= 4 is 16.6 Å². The van der Waals surface area contributed by atoms with Crippen LogP contribution in [0.25, 0.3) is 38.9 Å². The zero-order valence-electron chi connectivity index (χ0n) is 14.2. The van der Waals surface area contributed by atoms with Gasteiger partial charge in [0.05, 0.1) is 11.4 Å². The van der Waals surface area contributed by atoms with Gasteiger partial charge in [-0.2, -0.15) is 9.61 Å². The molecule has 5 rings (SSSR count). The molecule has 0 aliphatic heterocycles. The van der Waals surface area contributed by atoms with Gasteiger partial charge in [0.2, 0.25) is 0 Å². The van der Waals surface area contributed by atoms with Gasteiger partial charge in [-0.25, -0.2) is 0 Å². The maximum Gasteiger partial charge on any atom is 0.274 e. The molecule has 0 fully saturated rings. The van der Waals surface area contributed by atoms with Gasteiger partial charge in [-0.1, -0.05) is 36.4 Å². The van der Waals surface area contributed by atoms with E-state index in [1.165, 1.54) is 4.52 Å². The summed E-state index contributed by atoms with van der Waals surface area (Å²) in [6.07, 6.45) is 1.91. The van der Waals surface area contributed by atoms with E-state index in [1.54, 1.807) is 6.07 Å². The minimum Gasteiger partial charge on any atom is -0.361 e. The number of benzene rings is 2. The van der Waals surface area contributed by atoms with Gasteiger partial charge < -0.3 is 9.97 Å². The van der Waals surface area contributed by atoms with E-state index in [1.807, 2.05) is 61.7 Å². The van der Waals surface area contributed by atoms with Crippen LogP contribution in [0.5, 0.6) is 0 Å². The molecule has 0 spiro atoms. The molecule has 0 unspecified atom stereocenters. The number of fused-ring (bicyclic) bond motifs is 2. The molecule has 3 aromatic heterocycles. The van der Waals surface area contributed by atoms with E-state index >= 15 is 0 Å². The Hall–Kier alpha value is -3.60. The monoisotopic (exact) mass is 340 g/mol. The molecular formula is C21H16N4O. The molecule has 5 aromatic rings. The van der Waals surface area contributed by atoms with Crippen LogP contribution in [-0.2, 0) is 0 Å². The van der Waals surface area contributed by atoms with Crippen LogP contribution in [0.3, 0.4) is 0 Å². The first kappa shape index (κ1) is 14.7. The lowest BCUT2D eigenvalue weighted by Gasteiger charge is -2.05. The summed E-state index contributed by atoms with van der Waals surface area (Å²) in [6.45, 7) is 1.92. The Bertz CT molecular complexity index is 1310. The molecule has 5 nitrogen and oxygen atoms in total. The number of nitrogens with one attached hydrogen (secondary N) is 2. The molecule has 0 saturated carbocycles. The zero-order chi connectivity index (χ0) is 17.7. The van der Waals surface area contributed by atoms with Crippen molar-refractivity contribution in [1.82, 2.24) is 19.6 Å². The second-order valence-electron chi connectivity index (χ2n) is 6.39. The SMILES string of the molecule is Cc1nn2c(=O)cc(-c3ccc4[nH]ccc4c3)[nH]c2c1-c1ccccc1. The third-order valence-electron chi connectivity index (χ3n) is 4.72. The fraction of sp³-hybridized carbons (Fsp3) is 0.0476. The van der Waals surface area contributed by atoms with E-state index in [0.29, 0.717) is 5.65 Å². The molecule has 0 aliphatic rings. The number of hydrogen-bond acceptors (Lipinski definition) is 2. The number of hydrogen-bond donors (Lipinski definition) is 2. The molecule has 2 N–H and O–H groups in total. The predicted octanol–water partition coefficient (Wildman–Crippen LogP) is 4.15. The summed E-state index contributed by atoms with van der Waals surface area (Å²) in [5, 5.41) is 5.54. The lowest BCUT2D eigenvalue weighted by Crippen LogP contribution is -2.14. The van der Waals surface area contributed by atoms with Gasteiger partial charge in [0.25, 0.3) is 5.56 Å². The van der Waals surface area contributed by atoms with Gasteiger partial charge >= 0.3 is 0 Å². The zero-order valence-corrected chi connectivity index (χ0v) is 14.2. The van der Waals surface area contributed by atoms with Crippen molar-refractivity contribution in [2.75, 3.05) is 0 Å². The third kappa shape index (κ3) is 2.18. The highest BCUT2D eigenvalue weighted by Crippen LogP contribution is 2.28. The van der Waals surface area contributed by atoms with Crippen LogP contribution in [0.2, 0.25) is 0 Å². The highest BCUT2D eigenvalue weighted by atomic mass is 16.1. The topological polar surface area (TPSA) is 66.0 Å². The number of aryl methyl sites for hydroxylation is 1. The Kier molecular flexibility index (Phi) is 3.09. The van der Waals surface area contributed by atoms with Crippen LogP contribution in [0, 0.1) is 6.92 Å². The Labute approximate surface area is 148 Å². The first-order valence-electron chi connectivity index (χ1n) is 8.46.